The van der Waals surface area contributed by atoms with Crippen LogP contribution in [0, 0.1) is 0 Å². The average Bonchev–Trinajstić information content (AvgIpc) is 3.21. The summed E-state index contributed by atoms with van der Waals surface area (Å²) in [5.74, 6) is -0.263. The van der Waals surface area contributed by atoms with E-state index in [9.17, 15) is 9.59 Å². The number of rotatable bonds is 6. The molecule has 0 unspecified atom stereocenters. The molecule has 1 heterocycles. The summed E-state index contributed by atoms with van der Waals surface area (Å²) >= 11 is 0. The lowest BCUT2D eigenvalue weighted by Crippen LogP contribution is -2.35. The number of hydrogen-bond donors (Lipinski definition) is 3. The molecule has 3 amide bonds. The maximum atomic E-state index is 12.6. The van der Waals surface area contributed by atoms with E-state index in [2.05, 4.69) is 26.0 Å². The average molecular weight is 378 g/mol. The molecule has 0 aliphatic rings. The SMILES string of the molecule is CC(C)NC(=O)Nc1ccccc1C(=O)NCc1ccc(-n2cncn2)cc1. The number of urea groups is 1. The Hall–Kier alpha value is -3.68. The lowest BCUT2D eigenvalue weighted by molar-refractivity contribution is 0.0952. The van der Waals surface area contributed by atoms with Crippen molar-refractivity contribution in [3.05, 3.63) is 72.3 Å². The summed E-state index contributed by atoms with van der Waals surface area (Å²) in [5, 5.41) is 12.4. The van der Waals surface area contributed by atoms with Crippen LogP contribution in [0.2, 0.25) is 0 Å². The largest absolute Gasteiger partial charge is 0.348 e. The molecular formula is C20H22N6O2. The molecule has 0 spiro atoms. The number of benzene rings is 2. The molecular weight excluding hydrogens is 356 g/mol. The lowest BCUT2D eigenvalue weighted by atomic mass is 10.1. The van der Waals surface area contributed by atoms with Gasteiger partial charge in [-0.25, -0.2) is 14.5 Å². The predicted molar refractivity (Wildman–Crippen MR) is 106 cm³/mol. The number of nitrogens with zero attached hydrogens (tertiary/aromatic N) is 3. The van der Waals surface area contributed by atoms with Crippen LogP contribution in [0.25, 0.3) is 5.69 Å². The highest BCUT2D eigenvalue weighted by atomic mass is 16.2. The minimum atomic E-state index is -0.348. The topological polar surface area (TPSA) is 101 Å². The first-order chi connectivity index (χ1) is 13.5. The first kappa shape index (κ1) is 19.1. The fourth-order valence-electron chi connectivity index (χ4n) is 2.60. The minimum absolute atomic E-state index is 0.00137. The van der Waals surface area contributed by atoms with Crippen molar-refractivity contribution >= 4 is 17.6 Å². The molecule has 0 radical (unpaired) electrons. The number of carbonyl (C=O) groups is 2. The fourth-order valence-corrected chi connectivity index (χ4v) is 2.60. The first-order valence-corrected chi connectivity index (χ1v) is 8.91. The molecule has 0 fully saturated rings. The smallest absolute Gasteiger partial charge is 0.319 e. The summed E-state index contributed by atoms with van der Waals surface area (Å²) in [7, 11) is 0. The Morgan fingerprint density at radius 2 is 1.82 bits per heavy atom. The quantitative estimate of drug-likeness (QED) is 0.614. The van der Waals surface area contributed by atoms with Crippen molar-refractivity contribution in [3.8, 4) is 5.69 Å². The number of amides is 3. The van der Waals surface area contributed by atoms with Crippen LogP contribution in [0.5, 0.6) is 0 Å². The Kier molecular flexibility index (Phi) is 6.01. The van der Waals surface area contributed by atoms with Gasteiger partial charge in [0.2, 0.25) is 0 Å². The Balaban J connectivity index is 1.63. The van der Waals surface area contributed by atoms with Gasteiger partial charge in [0.1, 0.15) is 12.7 Å². The van der Waals surface area contributed by atoms with Crippen LogP contribution in [0.3, 0.4) is 0 Å². The van der Waals surface area contributed by atoms with E-state index in [1.807, 2.05) is 38.1 Å². The zero-order valence-electron chi connectivity index (χ0n) is 15.7. The molecule has 3 aromatic rings. The van der Waals surface area contributed by atoms with Crippen LogP contribution in [0.15, 0.2) is 61.2 Å². The summed E-state index contributed by atoms with van der Waals surface area (Å²) in [6.07, 6.45) is 3.09. The van der Waals surface area contributed by atoms with Crippen LogP contribution in [0.1, 0.15) is 29.8 Å². The molecule has 2 aromatic carbocycles. The zero-order chi connectivity index (χ0) is 19.9. The molecule has 0 bridgehead atoms. The number of para-hydroxylation sites is 1. The summed E-state index contributed by atoms with van der Waals surface area (Å²) in [6.45, 7) is 4.10. The summed E-state index contributed by atoms with van der Waals surface area (Å²) < 4.78 is 1.66. The third kappa shape index (κ3) is 4.94. The Bertz CT molecular complexity index is 936. The van der Waals surface area contributed by atoms with Gasteiger partial charge in [-0.05, 0) is 43.7 Å². The molecule has 0 saturated heterocycles. The van der Waals surface area contributed by atoms with Gasteiger partial charge in [0.25, 0.3) is 5.91 Å². The number of aromatic nitrogens is 3. The van der Waals surface area contributed by atoms with E-state index < -0.39 is 0 Å². The van der Waals surface area contributed by atoms with Crippen LogP contribution in [-0.2, 0) is 6.54 Å². The molecule has 0 aliphatic carbocycles. The van der Waals surface area contributed by atoms with Gasteiger partial charge in [0.05, 0.1) is 16.9 Å². The summed E-state index contributed by atoms with van der Waals surface area (Å²) in [4.78, 5) is 28.5. The Morgan fingerprint density at radius 1 is 1.07 bits per heavy atom. The van der Waals surface area contributed by atoms with Crippen molar-refractivity contribution in [2.45, 2.75) is 26.4 Å². The Labute approximate surface area is 163 Å². The van der Waals surface area contributed by atoms with Crippen LogP contribution in [-0.4, -0.2) is 32.7 Å². The Morgan fingerprint density at radius 3 is 2.50 bits per heavy atom. The van der Waals surface area contributed by atoms with Gasteiger partial charge in [0.15, 0.2) is 0 Å². The normalized spacial score (nSPS) is 10.5. The van der Waals surface area contributed by atoms with E-state index in [1.54, 1.807) is 35.3 Å². The molecule has 28 heavy (non-hydrogen) atoms. The van der Waals surface area contributed by atoms with E-state index >= 15 is 0 Å². The van der Waals surface area contributed by atoms with Crippen LogP contribution < -0.4 is 16.0 Å². The van der Waals surface area contributed by atoms with E-state index in [0.29, 0.717) is 17.8 Å². The standard InChI is InChI=1S/C20H22N6O2/c1-14(2)24-20(28)25-18-6-4-3-5-17(18)19(27)22-11-15-7-9-16(10-8-15)26-13-21-12-23-26/h3-10,12-14H,11H2,1-2H3,(H,22,27)(H2,24,25,28). The lowest BCUT2D eigenvalue weighted by Gasteiger charge is -2.13. The van der Waals surface area contributed by atoms with E-state index in [0.717, 1.165) is 11.3 Å². The number of anilines is 1. The maximum Gasteiger partial charge on any atom is 0.319 e. The second-order valence-electron chi connectivity index (χ2n) is 6.49. The van der Waals surface area contributed by atoms with Crippen LogP contribution >= 0.6 is 0 Å². The van der Waals surface area contributed by atoms with Gasteiger partial charge in [-0.15, -0.1) is 0 Å². The van der Waals surface area contributed by atoms with Crippen molar-refractivity contribution in [2.24, 2.45) is 0 Å². The number of nitrogens with one attached hydrogen (secondary N) is 3. The zero-order valence-corrected chi connectivity index (χ0v) is 15.7. The highest BCUT2D eigenvalue weighted by Crippen LogP contribution is 2.15. The van der Waals surface area contributed by atoms with Crippen molar-refractivity contribution in [2.75, 3.05) is 5.32 Å². The molecule has 0 atom stereocenters. The van der Waals surface area contributed by atoms with E-state index in [4.69, 9.17) is 0 Å². The fraction of sp³-hybridized carbons (Fsp3) is 0.200. The minimum Gasteiger partial charge on any atom is -0.348 e. The second-order valence-corrected chi connectivity index (χ2v) is 6.49. The number of carbonyl (C=O) groups excluding carboxylic acids is 2. The summed E-state index contributed by atoms with van der Waals surface area (Å²) in [6, 6.07) is 14.2. The second kappa shape index (κ2) is 8.81. The van der Waals surface area contributed by atoms with Gasteiger partial charge < -0.3 is 16.0 Å². The van der Waals surface area contributed by atoms with Crippen molar-refractivity contribution < 1.29 is 9.59 Å². The molecule has 8 heteroatoms. The van der Waals surface area contributed by atoms with Crippen LogP contribution in [0.4, 0.5) is 10.5 Å². The van der Waals surface area contributed by atoms with E-state index in [-0.39, 0.29) is 18.0 Å². The highest BCUT2D eigenvalue weighted by Gasteiger charge is 2.13. The highest BCUT2D eigenvalue weighted by molar-refractivity contribution is 6.03. The van der Waals surface area contributed by atoms with Crippen molar-refractivity contribution in [3.63, 3.8) is 0 Å². The maximum absolute atomic E-state index is 12.6. The van der Waals surface area contributed by atoms with Gasteiger partial charge in [-0.1, -0.05) is 24.3 Å². The van der Waals surface area contributed by atoms with Crippen molar-refractivity contribution in [1.82, 2.24) is 25.4 Å². The van der Waals surface area contributed by atoms with E-state index in [1.165, 1.54) is 6.33 Å². The molecule has 3 rings (SSSR count). The first-order valence-electron chi connectivity index (χ1n) is 8.91. The molecule has 144 valence electrons. The molecule has 0 saturated carbocycles. The third-order valence-electron chi connectivity index (χ3n) is 3.91. The summed E-state index contributed by atoms with van der Waals surface area (Å²) in [5.41, 5.74) is 2.69. The molecule has 0 aliphatic heterocycles. The van der Waals surface area contributed by atoms with Gasteiger partial charge in [-0.2, -0.15) is 5.10 Å². The molecule has 3 N–H and O–H groups in total. The third-order valence-corrected chi connectivity index (χ3v) is 3.91. The van der Waals surface area contributed by atoms with Gasteiger partial charge in [0, 0.05) is 12.6 Å². The predicted octanol–water partition coefficient (Wildman–Crippen LogP) is 2.73. The van der Waals surface area contributed by atoms with Gasteiger partial charge in [-0.3, -0.25) is 4.79 Å². The van der Waals surface area contributed by atoms with Crippen molar-refractivity contribution in [1.29, 1.82) is 0 Å². The molecule has 8 nitrogen and oxygen atoms in total. The van der Waals surface area contributed by atoms with Gasteiger partial charge >= 0.3 is 6.03 Å². The molecule has 1 aromatic heterocycles. The number of hydrogen-bond acceptors (Lipinski definition) is 4. The monoisotopic (exact) mass is 378 g/mol.